The van der Waals surface area contributed by atoms with Crippen LogP contribution in [0.15, 0.2) is 53.7 Å². The van der Waals surface area contributed by atoms with Crippen molar-refractivity contribution in [2.24, 2.45) is 7.05 Å². The molecule has 0 bridgehead atoms. The lowest BCUT2D eigenvalue weighted by molar-refractivity contribution is 0.128. The lowest BCUT2D eigenvalue weighted by atomic mass is 9.82. The summed E-state index contributed by atoms with van der Waals surface area (Å²) >= 11 is 0. The summed E-state index contributed by atoms with van der Waals surface area (Å²) < 4.78 is 7.69. The van der Waals surface area contributed by atoms with Crippen LogP contribution in [0.1, 0.15) is 42.7 Å². The number of piperazine rings is 1. The topological polar surface area (TPSA) is 76.4 Å². The summed E-state index contributed by atoms with van der Waals surface area (Å²) in [6, 6.07) is 12.8. The van der Waals surface area contributed by atoms with Crippen LogP contribution in [-0.4, -0.2) is 68.6 Å². The van der Waals surface area contributed by atoms with Crippen molar-refractivity contribution in [3.8, 4) is 17.4 Å². The summed E-state index contributed by atoms with van der Waals surface area (Å²) in [5.74, 6) is 0.552. The van der Waals surface area contributed by atoms with Gasteiger partial charge in [-0.15, -0.1) is 0 Å². The maximum atomic E-state index is 12.5. The monoisotopic (exact) mass is 474 g/mol. The normalized spacial score (nSPS) is 21.7. The maximum Gasteiger partial charge on any atom is 0.299 e. The summed E-state index contributed by atoms with van der Waals surface area (Å²) in [5.41, 5.74) is 3.78. The number of likely N-dealkylation sites (N-methyl/N-ethyl adjacent to an activating group) is 1. The molecule has 2 fully saturated rings. The first-order valence-electron chi connectivity index (χ1n) is 12.6. The highest BCUT2D eigenvalue weighted by Gasteiger charge is 2.25. The molecule has 1 aliphatic carbocycles. The van der Waals surface area contributed by atoms with Gasteiger partial charge in [-0.3, -0.25) is 14.3 Å². The molecule has 5 rings (SSSR count). The van der Waals surface area contributed by atoms with Crippen LogP contribution in [0.25, 0.3) is 11.4 Å². The summed E-state index contributed by atoms with van der Waals surface area (Å²) in [5, 5.41) is 0. The van der Waals surface area contributed by atoms with Crippen molar-refractivity contribution in [1.29, 1.82) is 0 Å². The van der Waals surface area contributed by atoms with E-state index >= 15 is 0 Å². The first-order chi connectivity index (χ1) is 17.0. The molecule has 0 unspecified atom stereocenters. The number of benzene rings is 1. The second kappa shape index (κ2) is 10.7. The molecule has 1 saturated heterocycles. The molecule has 1 aliphatic heterocycles. The Bertz CT molecular complexity index is 1160. The first-order valence-corrected chi connectivity index (χ1v) is 12.6. The number of aromatic nitrogens is 4. The van der Waals surface area contributed by atoms with Crippen LogP contribution in [0.5, 0.6) is 6.01 Å². The lowest BCUT2D eigenvalue weighted by Crippen LogP contribution is -2.43. The Labute approximate surface area is 206 Å². The average molecular weight is 475 g/mol. The zero-order chi connectivity index (χ0) is 24.2. The van der Waals surface area contributed by atoms with Gasteiger partial charge >= 0.3 is 0 Å². The third-order valence-electron chi connectivity index (χ3n) is 7.34. The van der Waals surface area contributed by atoms with Crippen LogP contribution in [0.2, 0.25) is 0 Å². The van der Waals surface area contributed by atoms with Crippen LogP contribution in [-0.2, 0) is 13.6 Å². The quantitative estimate of drug-likeness (QED) is 0.543. The Kier molecular flexibility index (Phi) is 7.20. The van der Waals surface area contributed by atoms with E-state index < -0.39 is 0 Å². The van der Waals surface area contributed by atoms with Gasteiger partial charge in [0, 0.05) is 52.0 Å². The molecule has 2 aliphatic rings. The molecular formula is C27H34N6O2. The molecule has 3 heterocycles. The van der Waals surface area contributed by atoms with Gasteiger partial charge in [-0.1, -0.05) is 24.3 Å². The number of nitrogens with zero attached hydrogens (tertiary/aromatic N) is 6. The molecule has 35 heavy (non-hydrogen) atoms. The minimum atomic E-state index is -0.158. The molecule has 2 aromatic heterocycles. The minimum absolute atomic E-state index is 0.0569. The molecule has 0 N–H and O–H groups in total. The zero-order valence-electron chi connectivity index (χ0n) is 20.6. The second-order valence-electron chi connectivity index (χ2n) is 9.83. The Morgan fingerprint density at radius 1 is 0.943 bits per heavy atom. The van der Waals surface area contributed by atoms with Crippen molar-refractivity contribution in [1.82, 2.24) is 29.3 Å². The SMILES string of the molecule is CN1CCN(Cc2ccc([C@H]3CC[C@@H](Oc4nc(-c5ccncn5)cc(=O)n4C)CC3)cc2)CC1. The predicted octanol–water partition coefficient (Wildman–Crippen LogP) is 3.09. The van der Waals surface area contributed by atoms with Crippen LogP contribution in [0.3, 0.4) is 0 Å². The van der Waals surface area contributed by atoms with Gasteiger partial charge in [0.15, 0.2) is 0 Å². The average Bonchev–Trinajstić information content (AvgIpc) is 2.89. The molecule has 1 saturated carbocycles. The molecule has 8 heteroatoms. The van der Waals surface area contributed by atoms with Crippen molar-refractivity contribution < 1.29 is 4.74 Å². The number of hydrogen-bond acceptors (Lipinski definition) is 7. The summed E-state index contributed by atoms with van der Waals surface area (Å²) in [4.78, 5) is 30.1. The fourth-order valence-electron chi connectivity index (χ4n) is 5.02. The second-order valence-corrected chi connectivity index (χ2v) is 9.83. The molecule has 8 nitrogen and oxygen atoms in total. The molecule has 184 valence electrons. The Morgan fingerprint density at radius 2 is 1.69 bits per heavy atom. The number of rotatable bonds is 6. The van der Waals surface area contributed by atoms with E-state index in [4.69, 9.17) is 4.74 Å². The summed E-state index contributed by atoms with van der Waals surface area (Å²) in [6.45, 7) is 5.62. The van der Waals surface area contributed by atoms with Gasteiger partial charge in [-0.25, -0.2) is 9.97 Å². The molecular weight excluding hydrogens is 440 g/mol. The van der Waals surface area contributed by atoms with E-state index in [2.05, 4.69) is 56.1 Å². The van der Waals surface area contributed by atoms with Gasteiger partial charge < -0.3 is 9.64 Å². The first kappa shape index (κ1) is 23.6. The summed E-state index contributed by atoms with van der Waals surface area (Å²) in [6.07, 6.45) is 7.19. The lowest BCUT2D eigenvalue weighted by Gasteiger charge is -2.32. The molecule has 0 spiro atoms. The Hall–Kier alpha value is -3.10. The highest BCUT2D eigenvalue weighted by Crippen LogP contribution is 2.34. The fourth-order valence-corrected chi connectivity index (χ4v) is 5.02. The zero-order valence-corrected chi connectivity index (χ0v) is 20.6. The van der Waals surface area contributed by atoms with Crippen LogP contribution >= 0.6 is 0 Å². The van der Waals surface area contributed by atoms with E-state index in [0.717, 1.165) is 58.4 Å². The van der Waals surface area contributed by atoms with Crippen molar-refractivity contribution in [2.75, 3.05) is 33.2 Å². The number of hydrogen-bond donors (Lipinski definition) is 0. The summed E-state index contributed by atoms with van der Waals surface area (Å²) in [7, 11) is 3.89. The van der Waals surface area contributed by atoms with Gasteiger partial charge in [-0.2, -0.15) is 4.98 Å². The predicted molar refractivity (Wildman–Crippen MR) is 135 cm³/mol. The molecule has 1 aromatic carbocycles. The third kappa shape index (κ3) is 5.77. The molecule has 0 amide bonds. The molecule has 0 atom stereocenters. The largest absolute Gasteiger partial charge is 0.461 e. The number of ether oxygens (including phenoxy) is 1. The minimum Gasteiger partial charge on any atom is -0.461 e. The van der Waals surface area contributed by atoms with E-state index in [9.17, 15) is 4.79 Å². The van der Waals surface area contributed by atoms with Crippen molar-refractivity contribution in [3.63, 3.8) is 0 Å². The van der Waals surface area contributed by atoms with E-state index in [1.807, 2.05) is 0 Å². The van der Waals surface area contributed by atoms with Crippen molar-refractivity contribution in [3.05, 3.63) is 70.4 Å². The van der Waals surface area contributed by atoms with E-state index in [0.29, 0.717) is 23.3 Å². The van der Waals surface area contributed by atoms with E-state index in [-0.39, 0.29) is 11.7 Å². The van der Waals surface area contributed by atoms with Crippen LogP contribution in [0, 0.1) is 0 Å². The smallest absolute Gasteiger partial charge is 0.299 e. The van der Waals surface area contributed by atoms with Gasteiger partial charge in [0.1, 0.15) is 12.4 Å². The Morgan fingerprint density at radius 3 is 2.37 bits per heavy atom. The standard InChI is InChI=1S/C27H34N6O2/c1-31-13-15-33(16-14-31)18-20-3-5-21(6-4-20)22-7-9-23(10-8-22)35-27-30-25(17-26(34)32(27)2)24-11-12-28-19-29-24/h3-6,11-12,17,19,22-23H,7-10,13-16,18H2,1-2H3/t22-,23+. The van der Waals surface area contributed by atoms with Crippen LogP contribution < -0.4 is 10.3 Å². The van der Waals surface area contributed by atoms with Crippen molar-refractivity contribution in [2.45, 2.75) is 44.2 Å². The van der Waals surface area contributed by atoms with E-state index in [1.54, 1.807) is 19.3 Å². The molecule has 3 aromatic rings. The highest BCUT2D eigenvalue weighted by atomic mass is 16.5. The van der Waals surface area contributed by atoms with Crippen LogP contribution in [0.4, 0.5) is 0 Å². The fraction of sp³-hybridized carbons (Fsp3) is 0.481. The van der Waals surface area contributed by atoms with Gasteiger partial charge in [0.05, 0.1) is 11.4 Å². The third-order valence-corrected chi connectivity index (χ3v) is 7.34. The van der Waals surface area contributed by atoms with Gasteiger partial charge in [0.2, 0.25) is 0 Å². The maximum absolute atomic E-state index is 12.5. The molecule has 0 radical (unpaired) electrons. The highest BCUT2D eigenvalue weighted by molar-refractivity contribution is 5.52. The van der Waals surface area contributed by atoms with Gasteiger partial charge in [0.25, 0.3) is 11.6 Å². The van der Waals surface area contributed by atoms with Gasteiger partial charge in [-0.05, 0) is 55.8 Å². The van der Waals surface area contributed by atoms with Crippen molar-refractivity contribution >= 4 is 0 Å². The van der Waals surface area contributed by atoms with E-state index in [1.165, 1.54) is 28.1 Å². The Balaban J connectivity index is 1.17.